The maximum Gasteiger partial charge on any atom is 0.340 e. The number of esters is 1. The van der Waals surface area contributed by atoms with Crippen LogP contribution in [0.2, 0.25) is 5.02 Å². The number of ether oxygens (including phenoxy) is 1. The summed E-state index contributed by atoms with van der Waals surface area (Å²) >= 11 is 6.30. The Bertz CT molecular complexity index is 1020. The third-order valence-corrected chi connectivity index (χ3v) is 4.49. The summed E-state index contributed by atoms with van der Waals surface area (Å²) < 4.78 is 5.01. The second-order valence-electron chi connectivity index (χ2n) is 7.43. The molecule has 0 aliphatic heterocycles. The van der Waals surface area contributed by atoms with E-state index < -0.39 is 29.8 Å². The van der Waals surface area contributed by atoms with Gasteiger partial charge in [-0.3, -0.25) is 14.4 Å². The van der Waals surface area contributed by atoms with Crippen molar-refractivity contribution in [1.29, 1.82) is 0 Å². The van der Waals surface area contributed by atoms with Gasteiger partial charge >= 0.3 is 5.97 Å². The van der Waals surface area contributed by atoms with Gasteiger partial charge in [-0.05, 0) is 32.9 Å². The second kappa shape index (κ2) is 7.20. The predicted octanol–water partition coefficient (Wildman–Crippen LogP) is 3.19. The Balaban J connectivity index is 1.88. The number of halogens is 1. The van der Waals surface area contributed by atoms with Crippen molar-refractivity contribution in [2.24, 2.45) is 0 Å². The van der Waals surface area contributed by atoms with Crippen molar-refractivity contribution in [3.8, 4) is 0 Å². The van der Waals surface area contributed by atoms with Crippen LogP contribution in [0.15, 0.2) is 36.4 Å². The quantitative estimate of drug-likeness (QED) is 0.683. The van der Waals surface area contributed by atoms with Crippen LogP contribution in [0.1, 0.15) is 63.0 Å². The van der Waals surface area contributed by atoms with E-state index in [1.165, 1.54) is 18.2 Å². The summed E-state index contributed by atoms with van der Waals surface area (Å²) in [6.07, 6.45) is 0. The third kappa shape index (κ3) is 3.68. The van der Waals surface area contributed by atoms with Crippen molar-refractivity contribution in [3.05, 3.63) is 69.2 Å². The highest BCUT2D eigenvalue weighted by Gasteiger charge is 2.33. The summed E-state index contributed by atoms with van der Waals surface area (Å²) in [7, 11) is 0. The van der Waals surface area contributed by atoms with E-state index in [4.69, 9.17) is 16.3 Å². The molecule has 3 rings (SSSR count). The number of carbonyl (C=O) groups excluding carboxylic acids is 4. The standard InChI is InChI=1S/C21H18ClNO5/c1-21(2,3)23-15(24)10-28-20(27)14-9-8-13-16(17(14)22)19(26)12-7-5-4-6-11(12)18(13)25/h4-9H,10H2,1-3H3,(H,23,24). The minimum Gasteiger partial charge on any atom is -0.452 e. The smallest absolute Gasteiger partial charge is 0.340 e. The zero-order valence-corrected chi connectivity index (χ0v) is 16.3. The Morgan fingerprint density at radius 3 is 2.18 bits per heavy atom. The molecule has 2 aromatic rings. The fourth-order valence-corrected chi connectivity index (χ4v) is 3.29. The molecule has 28 heavy (non-hydrogen) atoms. The van der Waals surface area contributed by atoms with Gasteiger partial charge in [-0.25, -0.2) is 4.79 Å². The van der Waals surface area contributed by atoms with E-state index in [9.17, 15) is 19.2 Å². The third-order valence-electron chi connectivity index (χ3n) is 4.10. The molecule has 0 unspecified atom stereocenters. The number of fused-ring (bicyclic) bond motifs is 2. The summed E-state index contributed by atoms with van der Waals surface area (Å²) in [4.78, 5) is 49.7. The number of benzene rings is 2. The maximum atomic E-state index is 12.8. The zero-order chi connectivity index (χ0) is 20.6. The molecule has 0 atom stereocenters. The molecule has 1 aliphatic carbocycles. The van der Waals surface area contributed by atoms with Gasteiger partial charge in [0.2, 0.25) is 0 Å². The van der Waals surface area contributed by atoms with E-state index in [-0.39, 0.29) is 33.1 Å². The van der Waals surface area contributed by atoms with Gasteiger partial charge in [0.05, 0.1) is 16.1 Å². The molecule has 2 aromatic carbocycles. The first-order valence-corrected chi connectivity index (χ1v) is 8.97. The van der Waals surface area contributed by atoms with Crippen molar-refractivity contribution in [3.63, 3.8) is 0 Å². The average Bonchev–Trinajstić information content (AvgIpc) is 2.62. The van der Waals surface area contributed by atoms with Crippen LogP contribution in [0, 0.1) is 0 Å². The predicted molar refractivity (Wildman–Crippen MR) is 103 cm³/mol. The first-order chi connectivity index (χ1) is 13.1. The van der Waals surface area contributed by atoms with Crippen LogP contribution in [-0.4, -0.2) is 35.6 Å². The Morgan fingerprint density at radius 1 is 0.964 bits per heavy atom. The number of hydrogen-bond acceptors (Lipinski definition) is 5. The van der Waals surface area contributed by atoms with Gasteiger partial charge in [0, 0.05) is 22.2 Å². The molecule has 1 aliphatic rings. The van der Waals surface area contributed by atoms with Gasteiger partial charge in [-0.2, -0.15) is 0 Å². The van der Waals surface area contributed by atoms with Gasteiger partial charge in [0.25, 0.3) is 5.91 Å². The Morgan fingerprint density at radius 2 is 1.57 bits per heavy atom. The fourth-order valence-electron chi connectivity index (χ4n) is 2.97. The lowest BCUT2D eigenvalue weighted by atomic mass is 9.83. The maximum absolute atomic E-state index is 12.8. The number of ketones is 2. The van der Waals surface area contributed by atoms with Crippen LogP contribution in [0.3, 0.4) is 0 Å². The average molecular weight is 400 g/mol. The van der Waals surface area contributed by atoms with Crippen molar-refractivity contribution in [2.45, 2.75) is 26.3 Å². The number of carbonyl (C=O) groups is 4. The lowest BCUT2D eigenvalue weighted by molar-refractivity contribution is -0.125. The first kappa shape index (κ1) is 19.8. The van der Waals surface area contributed by atoms with Crippen molar-refractivity contribution in [2.75, 3.05) is 6.61 Å². The normalized spacial score (nSPS) is 12.9. The zero-order valence-electron chi connectivity index (χ0n) is 15.6. The Labute approximate surface area is 166 Å². The van der Waals surface area contributed by atoms with Crippen molar-refractivity contribution < 1.29 is 23.9 Å². The Kier molecular flexibility index (Phi) is 5.08. The van der Waals surface area contributed by atoms with Crippen LogP contribution >= 0.6 is 11.6 Å². The number of amides is 1. The molecule has 7 heteroatoms. The molecule has 0 saturated carbocycles. The lowest BCUT2D eigenvalue weighted by Crippen LogP contribution is -2.42. The summed E-state index contributed by atoms with van der Waals surface area (Å²) in [5.41, 5.74) is 0.0917. The number of hydrogen-bond donors (Lipinski definition) is 1. The van der Waals surface area contributed by atoms with Crippen LogP contribution in [0.4, 0.5) is 0 Å². The molecule has 0 fully saturated rings. The molecule has 0 aromatic heterocycles. The monoisotopic (exact) mass is 399 g/mol. The summed E-state index contributed by atoms with van der Waals surface area (Å²) in [5, 5.41) is 2.51. The van der Waals surface area contributed by atoms with Gasteiger partial charge in [0.15, 0.2) is 18.2 Å². The van der Waals surface area contributed by atoms with E-state index in [1.807, 2.05) is 0 Å². The summed E-state index contributed by atoms with van der Waals surface area (Å²) in [6.45, 7) is 4.91. The van der Waals surface area contributed by atoms with E-state index in [2.05, 4.69) is 5.32 Å². The van der Waals surface area contributed by atoms with Crippen LogP contribution in [0.25, 0.3) is 0 Å². The molecule has 0 spiro atoms. The molecule has 1 amide bonds. The minimum atomic E-state index is -0.851. The summed E-state index contributed by atoms with van der Waals surface area (Å²) in [5.74, 6) is -2.09. The molecule has 0 saturated heterocycles. The van der Waals surface area contributed by atoms with Gasteiger partial charge < -0.3 is 10.1 Å². The number of nitrogens with one attached hydrogen (secondary N) is 1. The highest BCUT2D eigenvalue weighted by Crippen LogP contribution is 2.34. The molecular formula is C21H18ClNO5. The van der Waals surface area contributed by atoms with Crippen LogP contribution < -0.4 is 5.32 Å². The Hall–Kier alpha value is -2.99. The highest BCUT2D eigenvalue weighted by molar-refractivity contribution is 6.41. The van der Waals surface area contributed by atoms with Crippen molar-refractivity contribution in [1.82, 2.24) is 5.32 Å². The van der Waals surface area contributed by atoms with Gasteiger partial charge in [-0.1, -0.05) is 35.9 Å². The molecule has 0 radical (unpaired) electrons. The molecule has 0 heterocycles. The molecular weight excluding hydrogens is 382 g/mol. The topological polar surface area (TPSA) is 89.5 Å². The van der Waals surface area contributed by atoms with Gasteiger partial charge in [-0.15, -0.1) is 0 Å². The van der Waals surface area contributed by atoms with Crippen molar-refractivity contribution >= 4 is 35.0 Å². The lowest BCUT2D eigenvalue weighted by Gasteiger charge is -2.21. The first-order valence-electron chi connectivity index (χ1n) is 8.59. The van der Waals surface area contributed by atoms with E-state index in [1.54, 1.807) is 39.0 Å². The van der Waals surface area contributed by atoms with Gasteiger partial charge in [0.1, 0.15) is 0 Å². The molecule has 144 valence electrons. The number of rotatable bonds is 3. The SMILES string of the molecule is CC(C)(C)NC(=O)COC(=O)c1ccc2c(c1Cl)C(=O)c1ccccc1C2=O. The van der Waals surface area contributed by atoms with Crippen LogP contribution in [0.5, 0.6) is 0 Å². The van der Waals surface area contributed by atoms with E-state index >= 15 is 0 Å². The molecule has 1 N–H and O–H groups in total. The fraction of sp³-hybridized carbons (Fsp3) is 0.238. The molecule has 0 bridgehead atoms. The van der Waals surface area contributed by atoms with E-state index in [0.29, 0.717) is 5.56 Å². The largest absolute Gasteiger partial charge is 0.452 e. The minimum absolute atomic E-state index is 0.0287. The molecule has 6 nitrogen and oxygen atoms in total. The van der Waals surface area contributed by atoms with Crippen LogP contribution in [-0.2, 0) is 9.53 Å². The highest BCUT2D eigenvalue weighted by atomic mass is 35.5. The summed E-state index contributed by atoms with van der Waals surface area (Å²) in [6, 6.07) is 9.13. The van der Waals surface area contributed by atoms with E-state index in [0.717, 1.165) is 0 Å². The second-order valence-corrected chi connectivity index (χ2v) is 7.81.